The molecule has 0 saturated heterocycles. The Labute approximate surface area is 180 Å². The molecule has 4 heterocycles. The number of pyridine rings is 2. The minimum atomic E-state index is 0.968. The van der Waals surface area contributed by atoms with Crippen LogP contribution in [0.15, 0.2) is 127 Å². The highest BCUT2D eigenvalue weighted by Crippen LogP contribution is 2.32. The molecule has 0 amide bonds. The molecule has 6 rings (SSSR count). The Morgan fingerprint density at radius 1 is 0.677 bits per heavy atom. The Balaban J connectivity index is 1.55. The van der Waals surface area contributed by atoms with Gasteiger partial charge in [0.05, 0.1) is 16.9 Å². The molecule has 1 aliphatic rings. The van der Waals surface area contributed by atoms with Gasteiger partial charge in [0.25, 0.3) is 0 Å². The third-order valence-corrected chi connectivity index (χ3v) is 5.69. The van der Waals surface area contributed by atoms with Crippen molar-refractivity contribution in [3.8, 4) is 11.3 Å². The molecule has 0 radical (unpaired) electrons. The van der Waals surface area contributed by atoms with Crippen molar-refractivity contribution in [3.63, 3.8) is 0 Å². The van der Waals surface area contributed by atoms with E-state index in [1.807, 2.05) is 12.1 Å². The van der Waals surface area contributed by atoms with Crippen molar-refractivity contribution in [3.05, 3.63) is 133 Å². The molecule has 0 N–H and O–H groups in total. The Bertz CT molecular complexity index is 1460. The number of hydrogen-bond acceptors (Lipinski definition) is 1. The van der Waals surface area contributed by atoms with Crippen LogP contribution in [0.2, 0.25) is 0 Å². The maximum absolute atomic E-state index is 5.15. The molecule has 3 heteroatoms. The highest BCUT2D eigenvalue weighted by atomic mass is 15.0. The monoisotopic (exact) mass is 398 g/mol. The third-order valence-electron chi connectivity index (χ3n) is 5.69. The summed E-state index contributed by atoms with van der Waals surface area (Å²) in [5.41, 5.74) is 8.76. The molecule has 0 fully saturated rings. The summed E-state index contributed by atoms with van der Waals surface area (Å²) in [6, 6.07) is 35.6. The second-order valence-electron chi connectivity index (χ2n) is 7.59. The number of allylic oxidation sites excluding steroid dienone is 1. The summed E-state index contributed by atoms with van der Waals surface area (Å²) in [5, 5.41) is 0. The van der Waals surface area contributed by atoms with Crippen LogP contribution < -0.4 is 4.57 Å². The van der Waals surface area contributed by atoms with Crippen molar-refractivity contribution in [1.29, 1.82) is 0 Å². The molecule has 0 aliphatic carbocycles. The van der Waals surface area contributed by atoms with Crippen molar-refractivity contribution in [2.75, 3.05) is 0 Å². The van der Waals surface area contributed by atoms with E-state index in [0.29, 0.717) is 0 Å². The van der Waals surface area contributed by atoms with Crippen molar-refractivity contribution in [2.45, 2.75) is 0 Å². The van der Waals surface area contributed by atoms with Crippen molar-refractivity contribution < 1.29 is 4.57 Å². The van der Waals surface area contributed by atoms with Crippen LogP contribution in [0, 0.1) is 0 Å². The molecule has 1 aliphatic heterocycles. The number of aromatic nitrogens is 2. The molecule has 0 atom stereocenters. The van der Waals surface area contributed by atoms with Gasteiger partial charge in [-0.1, -0.05) is 54.6 Å². The molecule has 2 aromatic carbocycles. The van der Waals surface area contributed by atoms with Crippen LogP contribution in [0.1, 0.15) is 11.3 Å². The summed E-state index contributed by atoms with van der Waals surface area (Å²) >= 11 is 0. The molecule has 0 saturated carbocycles. The minimum absolute atomic E-state index is 0.968. The largest absolute Gasteiger partial charge is 0.314 e. The van der Waals surface area contributed by atoms with Gasteiger partial charge in [0, 0.05) is 30.0 Å². The van der Waals surface area contributed by atoms with E-state index in [-0.39, 0.29) is 0 Å². The zero-order valence-electron chi connectivity index (χ0n) is 16.9. The lowest BCUT2D eigenvalue weighted by Gasteiger charge is -2.01. The first-order chi connectivity index (χ1) is 15.4. The van der Waals surface area contributed by atoms with Gasteiger partial charge in [-0.2, -0.15) is 4.57 Å². The van der Waals surface area contributed by atoms with Crippen LogP contribution in [-0.4, -0.2) is 10.1 Å². The second-order valence-corrected chi connectivity index (χ2v) is 7.59. The smallest absolute Gasteiger partial charge is 0.237 e. The summed E-state index contributed by atoms with van der Waals surface area (Å²) in [7, 11) is 0. The van der Waals surface area contributed by atoms with E-state index in [9.17, 15) is 0 Å². The van der Waals surface area contributed by atoms with E-state index in [4.69, 9.17) is 4.99 Å². The lowest BCUT2D eigenvalue weighted by Crippen LogP contribution is -2.34. The number of benzene rings is 2. The highest BCUT2D eigenvalue weighted by Gasteiger charge is 2.29. The summed E-state index contributed by atoms with van der Waals surface area (Å²) in [4.78, 5) is 5.15. The number of rotatable bonds is 3. The van der Waals surface area contributed by atoms with Crippen LogP contribution in [0.3, 0.4) is 0 Å². The van der Waals surface area contributed by atoms with Crippen molar-refractivity contribution in [1.82, 2.24) is 4.40 Å². The Morgan fingerprint density at radius 3 is 2.19 bits per heavy atom. The predicted molar refractivity (Wildman–Crippen MR) is 125 cm³/mol. The van der Waals surface area contributed by atoms with E-state index in [0.717, 1.165) is 34.0 Å². The predicted octanol–water partition coefficient (Wildman–Crippen LogP) is 5.92. The van der Waals surface area contributed by atoms with Crippen LogP contribution in [0.4, 0.5) is 5.69 Å². The fourth-order valence-electron chi connectivity index (χ4n) is 4.24. The fourth-order valence-corrected chi connectivity index (χ4v) is 4.24. The SMILES string of the molecule is C1=C(c2ccccc2)[n+]2ccccc2C1=Nc1cc(-c2ccccc2)n2ccccc12. The van der Waals surface area contributed by atoms with Crippen LogP contribution in [0.25, 0.3) is 22.5 Å². The normalized spacial score (nSPS) is 14.1. The Morgan fingerprint density at radius 2 is 1.39 bits per heavy atom. The van der Waals surface area contributed by atoms with E-state index in [1.54, 1.807) is 0 Å². The first-order valence-corrected chi connectivity index (χ1v) is 10.4. The molecule has 0 unspecified atom stereocenters. The molecular formula is C28H20N3+. The first kappa shape index (κ1) is 17.6. The van der Waals surface area contributed by atoms with E-state index in [2.05, 4.69) is 118 Å². The Hall–Kier alpha value is -4.24. The average molecular weight is 398 g/mol. The van der Waals surface area contributed by atoms with Gasteiger partial charge in [0.2, 0.25) is 11.4 Å². The van der Waals surface area contributed by atoms with Crippen LogP contribution in [0.5, 0.6) is 0 Å². The summed E-state index contributed by atoms with van der Waals surface area (Å²) in [6.07, 6.45) is 6.38. The van der Waals surface area contributed by atoms with Gasteiger partial charge in [-0.3, -0.25) is 0 Å². The van der Waals surface area contributed by atoms with Gasteiger partial charge in [0.15, 0.2) is 6.20 Å². The maximum Gasteiger partial charge on any atom is 0.237 e. The standard InChI is InChI=1S/C28H20N3/c1-3-11-21(12-4-1)27-19-23(25-15-7-9-17-30(25)27)29-24-20-28(22-13-5-2-6-14-22)31-18-10-8-16-26(24)31/h1-20H/q+1. The molecule has 146 valence electrons. The quantitative estimate of drug-likeness (QED) is 0.337. The zero-order valence-corrected chi connectivity index (χ0v) is 16.9. The maximum atomic E-state index is 5.15. The van der Waals surface area contributed by atoms with Gasteiger partial charge < -0.3 is 4.40 Å². The van der Waals surface area contributed by atoms with Crippen molar-refractivity contribution in [2.24, 2.45) is 4.99 Å². The Kier molecular flexibility index (Phi) is 4.10. The number of fused-ring (bicyclic) bond motifs is 2. The van der Waals surface area contributed by atoms with Crippen molar-refractivity contribution >= 4 is 22.6 Å². The number of aliphatic imine (C=N–C) groups is 1. The van der Waals surface area contributed by atoms with E-state index < -0.39 is 0 Å². The molecule has 3 aromatic heterocycles. The summed E-state index contributed by atoms with van der Waals surface area (Å²) in [6.45, 7) is 0. The van der Waals surface area contributed by atoms with E-state index in [1.165, 1.54) is 11.1 Å². The fraction of sp³-hybridized carbons (Fsp3) is 0. The number of hydrogen-bond donors (Lipinski definition) is 0. The topological polar surface area (TPSA) is 20.6 Å². The molecule has 3 nitrogen and oxygen atoms in total. The highest BCUT2D eigenvalue weighted by molar-refractivity contribution is 6.13. The van der Waals surface area contributed by atoms with Gasteiger partial charge in [-0.15, -0.1) is 0 Å². The molecule has 0 bridgehead atoms. The molecular weight excluding hydrogens is 378 g/mol. The number of nitrogens with zero attached hydrogens (tertiary/aromatic N) is 3. The van der Waals surface area contributed by atoms with Crippen LogP contribution in [-0.2, 0) is 0 Å². The minimum Gasteiger partial charge on any atom is -0.314 e. The van der Waals surface area contributed by atoms with Gasteiger partial charge >= 0.3 is 0 Å². The molecule has 0 spiro atoms. The van der Waals surface area contributed by atoms with Gasteiger partial charge in [0.1, 0.15) is 5.71 Å². The lowest BCUT2D eigenvalue weighted by molar-refractivity contribution is -0.577. The average Bonchev–Trinajstić information content (AvgIpc) is 3.40. The van der Waals surface area contributed by atoms with Gasteiger partial charge in [-0.25, -0.2) is 4.99 Å². The van der Waals surface area contributed by atoms with E-state index >= 15 is 0 Å². The summed E-state index contributed by atoms with van der Waals surface area (Å²) in [5.74, 6) is 0. The second kappa shape index (κ2) is 7.22. The zero-order chi connectivity index (χ0) is 20.6. The van der Waals surface area contributed by atoms with Gasteiger partial charge in [-0.05, 0) is 42.0 Å². The molecule has 5 aromatic rings. The summed E-state index contributed by atoms with van der Waals surface area (Å²) < 4.78 is 4.43. The first-order valence-electron chi connectivity index (χ1n) is 10.4. The molecule has 31 heavy (non-hydrogen) atoms. The third kappa shape index (κ3) is 2.99. The van der Waals surface area contributed by atoms with Crippen LogP contribution >= 0.6 is 0 Å². The lowest BCUT2D eigenvalue weighted by atomic mass is 10.1.